The molecule has 0 aromatic heterocycles. The van der Waals surface area contributed by atoms with Crippen molar-refractivity contribution in [2.24, 2.45) is 0 Å². The molecular formula is C51H58SiZr-4. The van der Waals surface area contributed by atoms with E-state index in [1.54, 1.807) is 0 Å². The molecule has 0 aliphatic heterocycles. The molecule has 274 valence electrons. The molecule has 7 aromatic carbocycles. The van der Waals surface area contributed by atoms with Crippen LogP contribution in [0.4, 0.5) is 0 Å². The molecule has 0 N–H and O–H groups in total. The Kier molecular flexibility index (Phi) is 14.6. The molecule has 0 aliphatic rings. The summed E-state index contributed by atoms with van der Waals surface area (Å²) >= 11 is 1.36. The average Bonchev–Trinajstić information content (AvgIpc) is 3.69. The molecule has 0 nitrogen and oxygen atoms in total. The molecule has 0 amide bonds. The van der Waals surface area contributed by atoms with Crippen LogP contribution >= 0.6 is 0 Å². The van der Waals surface area contributed by atoms with Gasteiger partial charge in [-0.15, -0.1) is 68.6 Å². The zero-order valence-electron chi connectivity index (χ0n) is 34.5. The molecule has 0 unspecified atom stereocenters. The number of fused-ring (bicyclic) bond motifs is 2. The van der Waals surface area contributed by atoms with Gasteiger partial charge in [0.05, 0.1) is 0 Å². The molecular weight excluding hydrogens is 732 g/mol. The van der Waals surface area contributed by atoms with E-state index in [0.29, 0.717) is 0 Å². The molecule has 0 spiro atoms. The third-order valence-electron chi connectivity index (χ3n) is 10.1. The van der Waals surface area contributed by atoms with Gasteiger partial charge in [0.1, 0.15) is 0 Å². The Labute approximate surface area is 339 Å². The van der Waals surface area contributed by atoms with Gasteiger partial charge in [-0.05, 0) is 53.9 Å². The Morgan fingerprint density at radius 1 is 0.509 bits per heavy atom. The summed E-state index contributed by atoms with van der Waals surface area (Å²) in [4.78, 5) is 0. The predicted molar refractivity (Wildman–Crippen MR) is 235 cm³/mol. The van der Waals surface area contributed by atoms with Gasteiger partial charge in [0.25, 0.3) is 0 Å². The molecule has 2 heteroatoms. The van der Waals surface area contributed by atoms with Crippen molar-refractivity contribution < 1.29 is 23.3 Å². The fourth-order valence-corrected chi connectivity index (χ4v) is 7.41. The molecule has 0 aliphatic carbocycles. The Bertz CT molecular complexity index is 2250. The first kappa shape index (κ1) is 43.8. The number of hydrogen-bond acceptors (Lipinski definition) is 0. The van der Waals surface area contributed by atoms with Crippen LogP contribution in [-0.2, 0) is 34.2 Å². The molecule has 0 saturated carbocycles. The molecule has 2 radical (unpaired) electrons. The summed E-state index contributed by atoms with van der Waals surface area (Å²) in [6, 6.07) is 43.1. The van der Waals surface area contributed by atoms with Crippen LogP contribution < -0.4 is 0 Å². The van der Waals surface area contributed by atoms with Gasteiger partial charge in [-0.2, -0.15) is 6.07 Å². The molecule has 0 fully saturated rings. The SMILES string of the molecule is Cc1cc(C)c(-c2cc3c(-c4ccc(C(C)(C)C)cc4)cccc3[cH-]2)c(C)c1.Cc1cc2c(-c3ccc(C(C)(C)C)cc3)ccc(C)c2[cH-]1.[CH3-].[CH3-].[Si]=[Zr]. The van der Waals surface area contributed by atoms with E-state index in [9.17, 15) is 0 Å². The quantitative estimate of drug-likeness (QED) is 0.124. The van der Waals surface area contributed by atoms with Crippen LogP contribution in [0.2, 0.25) is 0 Å². The van der Waals surface area contributed by atoms with Gasteiger partial charge in [-0.3, -0.25) is 0 Å². The van der Waals surface area contributed by atoms with Crippen molar-refractivity contribution in [2.75, 3.05) is 0 Å². The van der Waals surface area contributed by atoms with Crippen LogP contribution in [0.5, 0.6) is 0 Å². The Balaban J connectivity index is 0.000000272. The summed E-state index contributed by atoms with van der Waals surface area (Å²) in [5.74, 6) is 0. The summed E-state index contributed by atoms with van der Waals surface area (Å²) in [5, 5.41) is 5.40. The van der Waals surface area contributed by atoms with E-state index >= 15 is 0 Å². The van der Waals surface area contributed by atoms with Crippen molar-refractivity contribution in [1.82, 2.24) is 0 Å². The Morgan fingerprint density at radius 2 is 1.00 bits per heavy atom. The summed E-state index contributed by atoms with van der Waals surface area (Å²) in [5.41, 5.74) is 17.8. The normalized spacial score (nSPS) is 11.1. The molecule has 0 bridgehead atoms. The van der Waals surface area contributed by atoms with Crippen molar-refractivity contribution in [1.29, 1.82) is 0 Å². The van der Waals surface area contributed by atoms with Crippen LogP contribution in [0.15, 0.2) is 115 Å². The van der Waals surface area contributed by atoms with E-state index in [4.69, 9.17) is 0 Å². The zero-order chi connectivity index (χ0) is 37.2. The van der Waals surface area contributed by atoms with Gasteiger partial charge in [0.2, 0.25) is 0 Å². The van der Waals surface area contributed by atoms with Crippen LogP contribution in [-0.4, -0.2) is 6.88 Å². The average molecular weight is 790 g/mol. The molecule has 0 atom stereocenters. The fraction of sp³-hybridized carbons (Fsp3) is 0.255. The first-order valence-corrected chi connectivity index (χ1v) is 22.2. The Hall–Kier alpha value is -3.58. The molecule has 0 heterocycles. The predicted octanol–water partition coefficient (Wildman–Crippen LogP) is 14.8. The second-order valence-electron chi connectivity index (χ2n) is 16.3. The maximum absolute atomic E-state index is 3.06. The van der Waals surface area contributed by atoms with E-state index in [1.165, 1.54) is 117 Å². The van der Waals surface area contributed by atoms with E-state index in [1.807, 2.05) is 0 Å². The number of rotatable bonds is 3. The summed E-state index contributed by atoms with van der Waals surface area (Å²) in [6.45, 7) is 27.6. The summed E-state index contributed by atoms with van der Waals surface area (Å²) in [6.07, 6.45) is 0. The van der Waals surface area contributed by atoms with Crippen LogP contribution in [0.25, 0.3) is 54.9 Å². The van der Waals surface area contributed by atoms with E-state index in [2.05, 4.69) is 198 Å². The van der Waals surface area contributed by atoms with Gasteiger partial charge in [-0.25, -0.2) is 0 Å². The van der Waals surface area contributed by atoms with Crippen LogP contribution in [0.3, 0.4) is 0 Å². The first-order valence-electron chi connectivity index (χ1n) is 18.0. The van der Waals surface area contributed by atoms with E-state index in [0.717, 1.165) is 0 Å². The maximum atomic E-state index is 3.06. The van der Waals surface area contributed by atoms with Gasteiger partial charge in [0.15, 0.2) is 0 Å². The van der Waals surface area contributed by atoms with Crippen molar-refractivity contribution in [3.05, 3.63) is 169 Å². The zero-order valence-corrected chi connectivity index (χ0v) is 37.9. The minimum atomic E-state index is 0. The number of hydrogen-bond donors (Lipinski definition) is 0. The van der Waals surface area contributed by atoms with Crippen molar-refractivity contribution in [3.63, 3.8) is 0 Å². The van der Waals surface area contributed by atoms with Crippen molar-refractivity contribution >= 4 is 28.4 Å². The van der Waals surface area contributed by atoms with E-state index < -0.39 is 0 Å². The third kappa shape index (κ3) is 9.75. The van der Waals surface area contributed by atoms with E-state index in [-0.39, 0.29) is 25.7 Å². The van der Waals surface area contributed by atoms with Gasteiger partial charge in [-0.1, -0.05) is 168 Å². The topological polar surface area (TPSA) is 0 Å². The number of aryl methyl sites for hydroxylation is 5. The van der Waals surface area contributed by atoms with Gasteiger partial charge < -0.3 is 14.9 Å². The standard InChI is InChI=1S/C28H29.C21H23.2CH3.Si.Zr/c1-18-14-19(2)27(20(3)15-18)23-16-22-8-7-9-25(26(22)17-23)21-10-12-24(13-11-21)28(4,5)6;1-14-12-19-15(2)6-11-18(20(19)13-14)16-7-9-17(10-8-16)21(3,4)5;;;;/h7-17H,1-6H3;6-13H,1-5H3;2*1H3;;/q4*-1;;. The second-order valence-corrected chi connectivity index (χ2v) is 16.3. The second kappa shape index (κ2) is 17.7. The summed E-state index contributed by atoms with van der Waals surface area (Å²) in [7, 11) is 0. The summed E-state index contributed by atoms with van der Waals surface area (Å²) < 4.78 is 0. The minimum absolute atomic E-state index is 0. The van der Waals surface area contributed by atoms with Crippen LogP contribution in [0, 0.1) is 49.5 Å². The fourth-order valence-electron chi connectivity index (χ4n) is 7.41. The third-order valence-corrected chi connectivity index (χ3v) is 10.1. The first-order chi connectivity index (χ1) is 24.1. The van der Waals surface area contributed by atoms with Gasteiger partial charge >= 0.3 is 30.2 Å². The molecule has 7 rings (SSSR count). The van der Waals surface area contributed by atoms with Crippen molar-refractivity contribution in [3.8, 4) is 33.4 Å². The van der Waals surface area contributed by atoms with Crippen LogP contribution in [0.1, 0.15) is 80.5 Å². The Morgan fingerprint density at radius 3 is 1.49 bits per heavy atom. The monoisotopic (exact) mass is 788 g/mol. The number of benzene rings is 5. The molecule has 53 heavy (non-hydrogen) atoms. The molecule has 7 aromatic rings. The van der Waals surface area contributed by atoms with Crippen molar-refractivity contribution in [2.45, 2.75) is 87.0 Å². The van der Waals surface area contributed by atoms with Gasteiger partial charge in [0, 0.05) is 0 Å². The molecule has 0 saturated heterocycles.